The van der Waals surface area contributed by atoms with Crippen molar-refractivity contribution in [3.05, 3.63) is 10.6 Å². The number of aryl methyl sites for hydroxylation is 1. The molecule has 0 saturated carbocycles. The molecule has 15 heavy (non-hydrogen) atoms. The standard InChI is InChI=1S/C11H19N3S/c1-7-4-5-9-10(13-11(12)15-9)8(7)6-14(2)3/h7-8H,4-6H2,1-3H3,(H2,12,13)/t7-,8?/m1/s1. The fourth-order valence-electron chi connectivity index (χ4n) is 2.34. The second kappa shape index (κ2) is 4.10. The lowest BCUT2D eigenvalue weighted by atomic mass is 9.81. The third-order valence-corrected chi connectivity index (χ3v) is 4.13. The molecule has 1 aromatic heterocycles. The van der Waals surface area contributed by atoms with Gasteiger partial charge in [0.2, 0.25) is 0 Å². The summed E-state index contributed by atoms with van der Waals surface area (Å²) in [6.07, 6.45) is 2.43. The van der Waals surface area contributed by atoms with Gasteiger partial charge in [0.05, 0.1) is 5.69 Å². The molecule has 1 heterocycles. The van der Waals surface area contributed by atoms with E-state index in [0.29, 0.717) is 5.92 Å². The molecule has 2 N–H and O–H groups in total. The first-order valence-corrected chi connectivity index (χ1v) is 6.29. The zero-order valence-corrected chi connectivity index (χ0v) is 10.5. The quantitative estimate of drug-likeness (QED) is 0.836. The lowest BCUT2D eigenvalue weighted by molar-refractivity contribution is 0.296. The average molecular weight is 225 g/mol. The number of hydrogen-bond donors (Lipinski definition) is 1. The van der Waals surface area contributed by atoms with E-state index in [1.807, 2.05) is 0 Å². The second-order valence-corrected chi connectivity index (χ2v) is 5.86. The van der Waals surface area contributed by atoms with Crippen LogP contribution in [-0.4, -0.2) is 30.5 Å². The molecule has 2 rings (SSSR count). The number of nitrogen functional groups attached to an aromatic ring is 1. The second-order valence-electron chi connectivity index (χ2n) is 4.75. The van der Waals surface area contributed by atoms with Crippen LogP contribution in [-0.2, 0) is 6.42 Å². The monoisotopic (exact) mass is 225 g/mol. The SMILES string of the molecule is C[C@@H]1CCc2sc(N)nc2C1CN(C)C. The first-order valence-electron chi connectivity index (χ1n) is 5.47. The van der Waals surface area contributed by atoms with E-state index in [4.69, 9.17) is 5.73 Å². The molecular weight excluding hydrogens is 206 g/mol. The van der Waals surface area contributed by atoms with Crippen LogP contribution in [0.1, 0.15) is 29.8 Å². The van der Waals surface area contributed by atoms with E-state index in [2.05, 4.69) is 30.9 Å². The van der Waals surface area contributed by atoms with Gasteiger partial charge >= 0.3 is 0 Å². The molecule has 0 aliphatic heterocycles. The molecule has 0 spiro atoms. The fourth-order valence-corrected chi connectivity index (χ4v) is 3.26. The van der Waals surface area contributed by atoms with Crippen LogP contribution in [0.4, 0.5) is 5.13 Å². The molecule has 0 bridgehead atoms. The summed E-state index contributed by atoms with van der Waals surface area (Å²) in [6.45, 7) is 3.41. The van der Waals surface area contributed by atoms with Gasteiger partial charge in [-0.25, -0.2) is 4.98 Å². The van der Waals surface area contributed by atoms with Gasteiger partial charge in [0.25, 0.3) is 0 Å². The third kappa shape index (κ3) is 2.16. The summed E-state index contributed by atoms with van der Waals surface area (Å²) in [5.74, 6) is 1.29. The zero-order chi connectivity index (χ0) is 11.0. The summed E-state index contributed by atoms with van der Waals surface area (Å²) in [4.78, 5) is 8.16. The molecule has 1 unspecified atom stereocenters. The largest absolute Gasteiger partial charge is 0.375 e. The van der Waals surface area contributed by atoms with Crippen LogP contribution in [0.3, 0.4) is 0 Å². The first kappa shape index (κ1) is 10.9. The first-order chi connectivity index (χ1) is 7.08. The van der Waals surface area contributed by atoms with Crippen molar-refractivity contribution in [2.24, 2.45) is 5.92 Å². The molecule has 1 aliphatic rings. The third-order valence-electron chi connectivity index (χ3n) is 3.17. The minimum Gasteiger partial charge on any atom is -0.375 e. The number of hydrogen-bond acceptors (Lipinski definition) is 4. The van der Waals surface area contributed by atoms with E-state index < -0.39 is 0 Å². The van der Waals surface area contributed by atoms with Crippen LogP contribution in [0.25, 0.3) is 0 Å². The summed E-state index contributed by atoms with van der Waals surface area (Å²) in [5, 5.41) is 0.734. The Kier molecular flexibility index (Phi) is 2.98. The Morgan fingerprint density at radius 2 is 2.27 bits per heavy atom. The summed E-state index contributed by atoms with van der Waals surface area (Å²) >= 11 is 1.67. The lowest BCUT2D eigenvalue weighted by Crippen LogP contribution is -2.28. The lowest BCUT2D eigenvalue weighted by Gasteiger charge is -2.30. The number of nitrogens with zero attached hydrogens (tertiary/aromatic N) is 2. The zero-order valence-electron chi connectivity index (χ0n) is 9.66. The maximum atomic E-state index is 5.79. The molecule has 1 aromatic rings. The van der Waals surface area contributed by atoms with Crippen LogP contribution in [0, 0.1) is 5.92 Å². The smallest absolute Gasteiger partial charge is 0.180 e. The highest BCUT2D eigenvalue weighted by Gasteiger charge is 2.30. The van der Waals surface area contributed by atoms with E-state index in [1.54, 1.807) is 11.3 Å². The minimum absolute atomic E-state index is 0.567. The molecule has 0 fully saturated rings. The molecule has 0 saturated heterocycles. The number of aromatic nitrogens is 1. The van der Waals surface area contributed by atoms with Gasteiger partial charge in [-0.05, 0) is 32.9 Å². The number of rotatable bonds is 2. The molecule has 3 nitrogen and oxygen atoms in total. The van der Waals surface area contributed by atoms with Gasteiger partial charge in [-0.15, -0.1) is 11.3 Å². The number of nitrogens with two attached hydrogens (primary N) is 1. The Hall–Kier alpha value is -0.610. The Morgan fingerprint density at radius 3 is 2.93 bits per heavy atom. The number of anilines is 1. The average Bonchev–Trinajstić information content (AvgIpc) is 2.51. The van der Waals surface area contributed by atoms with Crippen molar-refractivity contribution >= 4 is 16.5 Å². The van der Waals surface area contributed by atoms with Crippen molar-refractivity contribution in [1.29, 1.82) is 0 Å². The van der Waals surface area contributed by atoms with Crippen LogP contribution in [0.15, 0.2) is 0 Å². The van der Waals surface area contributed by atoms with Crippen molar-refractivity contribution in [2.45, 2.75) is 25.7 Å². The number of fused-ring (bicyclic) bond motifs is 1. The van der Waals surface area contributed by atoms with Crippen LogP contribution in [0.5, 0.6) is 0 Å². The Labute approximate surface area is 95.3 Å². The number of thiazole rings is 1. The maximum Gasteiger partial charge on any atom is 0.180 e. The van der Waals surface area contributed by atoms with Crippen LogP contribution < -0.4 is 5.73 Å². The van der Waals surface area contributed by atoms with Gasteiger partial charge in [0.15, 0.2) is 5.13 Å². The molecular formula is C11H19N3S. The van der Waals surface area contributed by atoms with Crippen LogP contribution in [0.2, 0.25) is 0 Å². The molecule has 0 radical (unpaired) electrons. The summed E-state index contributed by atoms with van der Waals surface area (Å²) < 4.78 is 0. The highest BCUT2D eigenvalue weighted by molar-refractivity contribution is 7.15. The van der Waals surface area contributed by atoms with E-state index in [1.165, 1.54) is 17.0 Å². The number of likely N-dealkylation sites (N-methyl/N-ethyl adjacent to an activating group) is 1. The fraction of sp³-hybridized carbons (Fsp3) is 0.727. The summed E-state index contributed by atoms with van der Waals surface area (Å²) in [6, 6.07) is 0. The van der Waals surface area contributed by atoms with Gasteiger partial charge < -0.3 is 10.6 Å². The van der Waals surface area contributed by atoms with Crippen molar-refractivity contribution in [3.8, 4) is 0 Å². The van der Waals surface area contributed by atoms with Gasteiger partial charge in [-0.3, -0.25) is 0 Å². The highest BCUT2D eigenvalue weighted by atomic mass is 32.1. The predicted octanol–water partition coefficient (Wildman–Crippen LogP) is 1.95. The predicted molar refractivity (Wildman–Crippen MR) is 65.3 cm³/mol. The van der Waals surface area contributed by atoms with Gasteiger partial charge in [0.1, 0.15) is 0 Å². The van der Waals surface area contributed by atoms with Crippen molar-refractivity contribution in [2.75, 3.05) is 26.4 Å². The van der Waals surface area contributed by atoms with Gasteiger partial charge in [-0.2, -0.15) is 0 Å². The maximum absolute atomic E-state index is 5.79. The highest BCUT2D eigenvalue weighted by Crippen LogP contribution is 2.39. The Balaban J connectivity index is 2.28. The molecule has 0 amide bonds. The summed E-state index contributed by atoms with van der Waals surface area (Å²) in [7, 11) is 4.24. The normalized spacial score (nSPS) is 25.6. The van der Waals surface area contributed by atoms with Crippen molar-refractivity contribution in [1.82, 2.24) is 9.88 Å². The van der Waals surface area contributed by atoms with Crippen LogP contribution >= 0.6 is 11.3 Å². The molecule has 0 aromatic carbocycles. The van der Waals surface area contributed by atoms with E-state index in [-0.39, 0.29) is 0 Å². The molecule has 84 valence electrons. The Morgan fingerprint density at radius 1 is 1.53 bits per heavy atom. The minimum atomic E-state index is 0.567. The van der Waals surface area contributed by atoms with Gasteiger partial charge in [0, 0.05) is 17.3 Å². The van der Waals surface area contributed by atoms with Crippen molar-refractivity contribution in [3.63, 3.8) is 0 Å². The topological polar surface area (TPSA) is 42.1 Å². The molecule has 4 heteroatoms. The summed E-state index contributed by atoms with van der Waals surface area (Å²) in [5.41, 5.74) is 7.06. The molecule has 2 atom stereocenters. The Bertz CT molecular complexity index is 346. The van der Waals surface area contributed by atoms with Crippen molar-refractivity contribution < 1.29 is 0 Å². The van der Waals surface area contributed by atoms with Gasteiger partial charge in [-0.1, -0.05) is 6.92 Å². The van der Waals surface area contributed by atoms with E-state index >= 15 is 0 Å². The van der Waals surface area contributed by atoms with E-state index in [0.717, 1.165) is 24.0 Å². The van der Waals surface area contributed by atoms with E-state index in [9.17, 15) is 0 Å². The molecule has 1 aliphatic carbocycles.